The van der Waals surface area contributed by atoms with Gasteiger partial charge in [-0.1, -0.05) is 43.7 Å². The quantitative estimate of drug-likeness (QED) is 0.644. The maximum atomic E-state index is 4.51. The third-order valence-electron chi connectivity index (χ3n) is 3.21. The molecule has 0 spiro atoms. The standard InChI is InChI=1S/C17H22N4/c1-4-5-11-16-12-13(2)18-17(19-16)21-20-14(3)15-9-7-6-8-10-15/h6-10,12H,4-5,11H2,1-3H3,(H,18,19,21). The van der Waals surface area contributed by atoms with Gasteiger partial charge in [0.05, 0.1) is 5.71 Å². The van der Waals surface area contributed by atoms with Gasteiger partial charge in [0.1, 0.15) is 0 Å². The molecule has 1 aromatic carbocycles. The summed E-state index contributed by atoms with van der Waals surface area (Å²) in [5.41, 5.74) is 7.00. The summed E-state index contributed by atoms with van der Waals surface area (Å²) in [4.78, 5) is 8.89. The van der Waals surface area contributed by atoms with Crippen LogP contribution in [0.5, 0.6) is 0 Å². The Hall–Kier alpha value is -2.23. The van der Waals surface area contributed by atoms with Crippen molar-refractivity contribution in [3.63, 3.8) is 0 Å². The Balaban J connectivity index is 2.10. The normalized spacial score (nSPS) is 11.5. The van der Waals surface area contributed by atoms with Crippen molar-refractivity contribution in [2.24, 2.45) is 5.10 Å². The van der Waals surface area contributed by atoms with Gasteiger partial charge in [-0.05, 0) is 38.3 Å². The van der Waals surface area contributed by atoms with Crippen LogP contribution in [0, 0.1) is 6.92 Å². The third-order valence-corrected chi connectivity index (χ3v) is 3.21. The zero-order valence-corrected chi connectivity index (χ0v) is 12.9. The van der Waals surface area contributed by atoms with Gasteiger partial charge in [0, 0.05) is 11.4 Å². The Kier molecular flexibility index (Phi) is 5.43. The van der Waals surface area contributed by atoms with Crippen LogP contribution in [0.4, 0.5) is 5.95 Å². The monoisotopic (exact) mass is 282 g/mol. The summed E-state index contributed by atoms with van der Waals surface area (Å²) in [5, 5.41) is 4.37. The van der Waals surface area contributed by atoms with Gasteiger partial charge in [-0.2, -0.15) is 5.10 Å². The average molecular weight is 282 g/mol. The van der Waals surface area contributed by atoms with E-state index >= 15 is 0 Å². The first kappa shape index (κ1) is 15.2. The molecule has 1 aromatic heterocycles. The largest absolute Gasteiger partial charge is 0.245 e. The zero-order valence-electron chi connectivity index (χ0n) is 12.9. The van der Waals surface area contributed by atoms with Crippen molar-refractivity contribution < 1.29 is 0 Å². The SMILES string of the molecule is CCCCc1cc(C)nc(NN=C(C)c2ccccc2)n1. The van der Waals surface area contributed by atoms with Crippen molar-refractivity contribution in [2.45, 2.75) is 40.0 Å². The molecular weight excluding hydrogens is 260 g/mol. The van der Waals surface area contributed by atoms with E-state index in [2.05, 4.69) is 27.4 Å². The maximum Gasteiger partial charge on any atom is 0.243 e. The molecule has 0 unspecified atom stereocenters. The van der Waals surface area contributed by atoms with E-state index in [0.717, 1.165) is 41.9 Å². The van der Waals surface area contributed by atoms with Gasteiger partial charge in [0.25, 0.3) is 0 Å². The van der Waals surface area contributed by atoms with E-state index in [1.807, 2.05) is 50.2 Å². The molecular formula is C17H22N4. The molecule has 0 amide bonds. The molecule has 0 saturated carbocycles. The number of aryl methyl sites for hydroxylation is 2. The lowest BCUT2D eigenvalue weighted by Gasteiger charge is -2.06. The highest BCUT2D eigenvalue weighted by Crippen LogP contribution is 2.09. The summed E-state index contributed by atoms with van der Waals surface area (Å²) < 4.78 is 0. The number of rotatable bonds is 6. The molecule has 0 aliphatic heterocycles. The van der Waals surface area contributed by atoms with E-state index in [1.165, 1.54) is 0 Å². The number of hydrogen-bond donors (Lipinski definition) is 1. The first-order chi connectivity index (χ1) is 10.2. The molecule has 4 nitrogen and oxygen atoms in total. The van der Waals surface area contributed by atoms with Crippen LogP contribution in [-0.4, -0.2) is 15.7 Å². The number of hydrogen-bond acceptors (Lipinski definition) is 4. The maximum absolute atomic E-state index is 4.51. The molecule has 0 bridgehead atoms. The van der Waals surface area contributed by atoms with Crippen LogP contribution < -0.4 is 5.43 Å². The highest BCUT2D eigenvalue weighted by atomic mass is 15.4. The van der Waals surface area contributed by atoms with Crippen LogP contribution in [-0.2, 0) is 6.42 Å². The number of aromatic nitrogens is 2. The minimum absolute atomic E-state index is 0.566. The van der Waals surface area contributed by atoms with E-state index in [1.54, 1.807) is 0 Å². The second-order valence-electron chi connectivity index (χ2n) is 5.10. The van der Waals surface area contributed by atoms with Gasteiger partial charge in [-0.25, -0.2) is 15.4 Å². The molecule has 0 aliphatic carbocycles. The Morgan fingerprint density at radius 2 is 1.95 bits per heavy atom. The van der Waals surface area contributed by atoms with Gasteiger partial charge < -0.3 is 0 Å². The Morgan fingerprint density at radius 1 is 1.19 bits per heavy atom. The molecule has 110 valence electrons. The van der Waals surface area contributed by atoms with Gasteiger partial charge in [-0.15, -0.1) is 0 Å². The summed E-state index contributed by atoms with van der Waals surface area (Å²) in [7, 11) is 0. The minimum Gasteiger partial charge on any atom is -0.245 e. The summed E-state index contributed by atoms with van der Waals surface area (Å²) >= 11 is 0. The second kappa shape index (κ2) is 7.53. The van der Waals surface area contributed by atoms with Gasteiger partial charge in [0.15, 0.2) is 0 Å². The summed E-state index contributed by atoms with van der Waals surface area (Å²) in [6, 6.07) is 12.1. The Labute approximate surface area is 126 Å². The molecule has 21 heavy (non-hydrogen) atoms. The predicted octanol–water partition coefficient (Wildman–Crippen LogP) is 3.96. The van der Waals surface area contributed by atoms with E-state index in [4.69, 9.17) is 0 Å². The van der Waals surface area contributed by atoms with Crippen molar-refractivity contribution in [1.82, 2.24) is 9.97 Å². The summed E-state index contributed by atoms with van der Waals surface area (Å²) in [6.07, 6.45) is 3.29. The van der Waals surface area contributed by atoms with Crippen LogP contribution in [0.1, 0.15) is 43.6 Å². The number of unbranched alkanes of at least 4 members (excludes halogenated alkanes) is 1. The molecule has 2 aromatic rings. The molecule has 1 heterocycles. The molecule has 4 heteroatoms. The highest BCUT2D eigenvalue weighted by molar-refractivity contribution is 5.98. The number of benzene rings is 1. The fourth-order valence-electron chi connectivity index (χ4n) is 2.05. The van der Waals surface area contributed by atoms with Gasteiger partial charge in [-0.3, -0.25) is 0 Å². The van der Waals surface area contributed by atoms with E-state index < -0.39 is 0 Å². The number of nitrogens with zero attached hydrogens (tertiary/aromatic N) is 3. The van der Waals surface area contributed by atoms with E-state index in [0.29, 0.717) is 5.95 Å². The topological polar surface area (TPSA) is 50.2 Å². The lowest BCUT2D eigenvalue weighted by molar-refractivity contribution is 0.772. The van der Waals surface area contributed by atoms with Crippen LogP contribution in [0.2, 0.25) is 0 Å². The van der Waals surface area contributed by atoms with Crippen LogP contribution in [0.3, 0.4) is 0 Å². The third kappa shape index (κ3) is 4.67. The molecule has 0 radical (unpaired) electrons. The summed E-state index contributed by atoms with van der Waals surface area (Å²) in [5.74, 6) is 0.566. The van der Waals surface area contributed by atoms with Crippen molar-refractivity contribution >= 4 is 11.7 Å². The van der Waals surface area contributed by atoms with Gasteiger partial charge >= 0.3 is 0 Å². The smallest absolute Gasteiger partial charge is 0.243 e. The number of anilines is 1. The fraction of sp³-hybridized carbons (Fsp3) is 0.353. The second-order valence-corrected chi connectivity index (χ2v) is 5.10. The molecule has 0 aliphatic rings. The molecule has 2 rings (SSSR count). The Morgan fingerprint density at radius 3 is 2.67 bits per heavy atom. The van der Waals surface area contributed by atoms with Crippen molar-refractivity contribution in [2.75, 3.05) is 5.43 Å². The molecule has 0 fully saturated rings. The van der Waals surface area contributed by atoms with Gasteiger partial charge in [0.2, 0.25) is 5.95 Å². The van der Waals surface area contributed by atoms with E-state index in [-0.39, 0.29) is 0 Å². The van der Waals surface area contributed by atoms with Crippen molar-refractivity contribution in [1.29, 1.82) is 0 Å². The van der Waals surface area contributed by atoms with Crippen LogP contribution in [0.15, 0.2) is 41.5 Å². The zero-order chi connectivity index (χ0) is 15.1. The van der Waals surface area contributed by atoms with Crippen molar-refractivity contribution in [3.05, 3.63) is 53.3 Å². The lowest BCUT2D eigenvalue weighted by atomic mass is 10.1. The first-order valence-corrected chi connectivity index (χ1v) is 7.39. The number of hydrazone groups is 1. The summed E-state index contributed by atoms with van der Waals surface area (Å²) in [6.45, 7) is 6.13. The highest BCUT2D eigenvalue weighted by Gasteiger charge is 2.02. The average Bonchev–Trinajstić information content (AvgIpc) is 2.51. The van der Waals surface area contributed by atoms with Crippen LogP contribution in [0.25, 0.3) is 0 Å². The minimum atomic E-state index is 0.566. The lowest BCUT2D eigenvalue weighted by Crippen LogP contribution is -2.05. The number of nitrogens with one attached hydrogen (secondary N) is 1. The fourth-order valence-corrected chi connectivity index (χ4v) is 2.05. The molecule has 0 atom stereocenters. The van der Waals surface area contributed by atoms with Crippen molar-refractivity contribution in [3.8, 4) is 0 Å². The molecule has 1 N–H and O–H groups in total. The Bertz CT molecular complexity index is 605. The first-order valence-electron chi connectivity index (χ1n) is 7.39. The van der Waals surface area contributed by atoms with E-state index in [9.17, 15) is 0 Å². The predicted molar refractivity (Wildman–Crippen MR) is 87.7 cm³/mol. The van der Waals surface area contributed by atoms with Crippen LogP contribution >= 0.6 is 0 Å². The molecule has 0 saturated heterocycles.